The molecule has 198 valence electrons. The van der Waals surface area contributed by atoms with Gasteiger partial charge >= 0.3 is 0 Å². The van der Waals surface area contributed by atoms with Crippen molar-refractivity contribution in [2.45, 2.75) is 76.7 Å². The molecule has 1 aliphatic carbocycles. The van der Waals surface area contributed by atoms with Crippen LogP contribution in [0.2, 0.25) is 0 Å². The zero-order valence-electron chi connectivity index (χ0n) is 21.9. The lowest BCUT2D eigenvalue weighted by molar-refractivity contribution is -0.108. The van der Waals surface area contributed by atoms with Gasteiger partial charge in [-0.2, -0.15) is 0 Å². The van der Waals surface area contributed by atoms with E-state index in [0.29, 0.717) is 12.8 Å². The first-order valence-corrected chi connectivity index (χ1v) is 13.5. The molecule has 37 heavy (non-hydrogen) atoms. The maximum absolute atomic E-state index is 15.8. The van der Waals surface area contributed by atoms with Gasteiger partial charge in [-0.3, -0.25) is 0 Å². The molecular formula is C32H36F4O. The zero-order valence-corrected chi connectivity index (χ0v) is 21.9. The monoisotopic (exact) mass is 512 g/mol. The fourth-order valence-corrected chi connectivity index (χ4v) is 6.41. The second kappa shape index (κ2) is 11.8. The summed E-state index contributed by atoms with van der Waals surface area (Å²) in [6, 6.07) is 15.9. The Kier molecular flexibility index (Phi) is 8.74. The Bertz CT molecular complexity index is 1160. The van der Waals surface area contributed by atoms with E-state index in [0.717, 1.165) is 49.7 Å². The summed E-state index contributed by atoms with van der Waals surface area (Å²) in [6.45, 7) is 3.91. The number of benzene rings is 3. The van der Waals surface area contributed by atoms with Crippen molar-refractivity contribution < 1.29 is 22.3 Å². The molecule has 3 atom stereocenters. The second-order valence-electron chi connectivity index (χ2n) is 10.2. The summed E-state index contributed by atoms with van der Waals surface area (Å²) in [4.78, 5) is 0. The Morgan fingerprint density at radius 2 is 1.41 bits per heavy atom. The average molecular weight is 513 g/mol. The molecule has 0 aliphatic heterocycles. The molecule has 1 fully saturated rings. The third-order valence-electron chi connectivity index (χ3n) is 8.27. The standard InChI is InChI=1S/C32H36F4O/c1-4-6-14-24-15-10-11-20-32(24,37-3)25(5-2)27-30(35)28(33)26(29(34)31(27)36)23-18-16-22(17-19-23)21-12-8-7-9-13-21/h7-9,12-13,16-19,24-25H,4-6,10-11,14-15,20H2,1-3H3. The van der Waals surface area contributed by atoms with Crippen LogP contribution in [0, 0.1) is 29.2 Å². The van der Waals surface area contributed by atoms with Crippen LogP contribution in [0.15, 0.2) is 54.6 Å². The largest absolute Gasteiger partial charge is 0.377 e. The van der Waals surface area contributed by atoms with Crippen LogP contribution >= 0.6 is 0 Å². The Balaban J connectivity index is 1.79. The van der Waals surface area contributed by atoms with E-state index in [4.69, 9.17) is 4.74 Å². The molecule has 0 N–H and O–H groups in total. The topological polar surface area (TPSA) is 9.23 Å². The van der Waals surface area contributed by atoms with Gasteiger partial charge < -0.3 is 4.74 Å². The molecule has 3 unspecified atom stereocenters. The first-order chi connectivity index (χ1) is 17.9. The summed E-state index contributed by atoms with van der Waals surface area (Å²) in [7, 11) is 1.57. The molecule has 0 spiro atoms. The molecule has 1 saturated carbocycles. The van der Waals surface area contributed by atoms with Gasteiger partial charge in [-0.1, -0.05) is 94.1 Å². The molecule has 3 aromatic carbocycles. The Labute approximate surface area is 217 Å². The van der Waals surface area contributed by atoms with Gasteiger partial charge in [0.15, 0.2) is 23.3 Å². The Morgan fingerprint density at radius 3 is 1.97 bits per heavy atom. The van der Waals surface area contributed by atoms with Crippen molar-refractivity contribution in [3.8, 4) is 22.3 Å². The maximum Gasteiger partial charge on any atom is 0.170 e. The van der Waals surface area contributed by atoms with E-state index in [9.17, 15) is 0 Å². The molecule has 0 aromatic heterocycles. The van der Waals surface area contributed by atoms with Crippen LogP contribution < -0.4 is 0 Å². The van der Waals surface area contributed by atoms with Crippen LogP contribution in [0.3, 0.4) is 0 Å². The minimum Gasteiger partial charge on any atom is -0.377 e. The van der Waals surface area contributed by atoms with Crippen molar-refractivity contribution in [3.63, 3.8) is 0 Å². The van der Waals surface area contributed by atoms with E-state index in [1.807, 2.05) is 37.3 Å². The van der Waals surface area contributed by atoms with E-state index >= 15 is 17.6 Å². The predicted molar refractivity (Wildman–Crippen MR) is 141 cm³/mol. The van der Waals surface area contributed by atoms with Crippen molar-refractivity contribution in [2.75, 3.05) is 7.11 Å². The summed E-state index contributed by atoms with van der Waals surface area (Å²) < 4.78 is 68.8. The molecule has 0 heterocycles. The third-order valence-corrected chi connectivity index (χ3v) is 8.27. The molecular weight excluding hydrogens is 476 g/mol. The summed E-state index contributed by atoms with van der Waals surface area (Å²) in [5.74, 6) is -6.06. The summed E-state index contributed by atoms with van der Waals surface area (Å²) in [6.07, 6.45) is 6.50. The van der Waals surface area contributed by atoms with Crippen LogP contribution in [-0.2, 0) is 4.74 Å². The van der Waals surface area contributed by atoms with Crippen LogP contribution in [-0.4, -0.2) is 12.7 Å². The maximum atomic E-state index is 15.8. The average Bonchev–Trinajstić information content (AvgIpc) is 2.94. The second-order valence-corrected chi connectivity index (χ2v) is 10.2. The highest BCUT2D eigenvalue weighted by Crippen LogP contribution is 2.51. The number of unbranched alkanes of at least 4 members (excludes halogenated alkanes) is 1. The molecule has 1 aliphatic rings. The van der Waals surface area contributed by atoms with E-state index in [1.165, 1.54) is 12.1 Å². The van der Waals surface area contributed by atoms with Crippen LogP contribution in [0.25, 0.3) is 22.3 Å². The van der Waals surface area contributed by atoms with Crippen molar-refractivity contribution in [2.24, 2.45) is 5.92 Å². The van der Waals surface area contributed by atoms with Gasteiger partial charge in [0.1, 0.15) is 0 Å². The lowest BCUT2D eigenvalue weighted by Gasteiger charge is -2.48. The Hall–Kier alpha value is -2.66. The van der Waals surface area contributed by atoms with Gasteiger partial charge in [0.25, 0.3) is 0 Å². The van der Waals surface area contributed by atoms with Crippen molar-refractivity contribution >= 4 is 0 Å². The number of ether oxygens (including phenoxy) is 1. The minimum atomic E-state index is -1.35. The summed E-state index contributed by atoms with van der Waals surface area (Å²) >= 11 is 0. The number of methoxy groups -OCH3 is 1. The van der Waals surface area contributed by atoms with Crippen molar-refractivity contribution in [1.29, 1.82) is 0 Å². The lowest BCUT2D eigenvalue weighted by Crippen LogP contribution is -2.48. The summed E-state index contributed by atoms with van der Waals surface area (Å²) in [5.41, 5.74) is -0.193. The molecule has 0 saturated heterocycles. The first kappa shape index (κ1) is 27.4. The normalized spacial score (nSPS) is 20.7. The van der Waals surface area contributed by atoms with Crippen molar-refractivity contribution in [3.05, 3.63) is 83.4 Å². The van der Waals surface area contributed by atoms with Gasteiger partial charge in [0.2, 0.25) is 0 Å². The minimum absolute atomic E-state index is 0.0753. The molecule has 0 amide bonds. The lowest BCUT2D eigenvalue weighted by atomic mass is 9.63. The van der Waals surface area contributed by atoms with Gasteiger partial charge in [-0.25, -0.2) is 17.6 Å². The number of rotatable bonds is 9. The molecule has 1 nitrogen and oxygen atoms in total. The highest BCUT2D eigenvalue weighted by molar-refractivity contribution is 5.71. The first-order valence-electron chi connectivity index (χ1n) is 13.5. The van der Waals surface area contributed by atoms with E-state index in [1.54, 1.807) is 19.2 Å². The quantitative estimate of drug-likeness (QED) is 0.205. The van der Waals surface area contributed by atoms with E-state index < -0.39 is 45.9 Å². The van der Waals surface area contributed by atoms with E-state index in [2.05, 4.69) is 6.92 Å². The smallest absolute Gasteiger partial charge is 0.170 e. The molecule has 5 heteroatoms. The van der Waals surface area contributed by atoms with Gasteiger partial charge in [-0.15, -0.1) is 0 Å². The van der Waals surface area contributed by atoms with Gasteiger partial charge in [-0.05, 0) is 48.3 Å². The summed E-state index contributed by atoms with van der Waals surface area (Å²) in [5, 5.41) is 0. The third kappa shape index (κ3) is 5.07. The van der Waals surface area contributed by atoms with Gasteiger partial charge in [0, 0.05) is 18.6 Å². The predicted octanol–water partition coefficient (Wildman–Crippen LogP) is 9.84. The van der Waals surface area contributed by atoms with E-state index in [-0.39, 0.29) is 11.5 Å². The fraction of sp³-hybridized carbons (Fsp3) is 0.438. The molecule has 4 rings (SSSR count). The van der Waals surface area contributed by atoms with Crippen LogP contribution in [0.4, 0.5) is 17.6 Å². The molecule has 0 radical (unpaired) electrons. The Morgan fingerprint density at radius 1 is 0.811 bits per heavy atom. The number of hydrogen-bond acceptors (Lipinski definition) is 1. The highest BCUT2D eigenvalue weighted by Gasteiger charge is 2.49. The van der Waals surface area contributed by atoms with Crippen LogP contribution in [0.5, 0.6) is 0 Å². The zero-order chi connectivity index (χ0) is 26.6. The highest BCUT2D eigenvalue weighted by atomic mass is 19.2. The van der Waals surface area contributed by atoms with Crippen LogP contribution in [0.1, 0.15) is 76.7 Å². The SMILES string of the molecule is CCCCC1CCCCC1(OC)C(CC)c1c(F)c(F)c(-c2ccc(-c3ccccc3)cc2)c(F)c1F. The number of halogens is 4. The van der Waals surface area contributed by atoms with Crippen molar-refractivity contribution in [1.82, 2.24) is 0 Å². The van der Waals surface area contributed by atoms with Gasteiger partial charge in [0.05, 0.1) is 11.2 Å². The number of hydrogen-bond donors (Lipinski definition) is 0. The molecule has 3 aromatic rings. The molecule has 0 bridgehead atoms. The fourth-order valence-electron chi connectivity index (χ4n) is 6.41.